The molecule has 0 unspecified atom stereocenters. The summed E-state index contributed by atoms with van der Waals surface area (Å²) in [5.74, 6) is 0. The third-order valence-corrected chi connectivity index (χ3v) is 3.50. The van der Waals surface area contributed by atoms with Gasteiger partial charge in [-0.1, -0.05) is 6.92 Å². The Morgan fingerprint density at radius 2 is 2.15 bits per heavy atom. The van der Waals surface area contributed by atoms with Crippen LogP contribution in [-0.2, 0) is 5.41 Å². The van der Waals surface area contributed by atoms with Crippen molar-refractivity contribution in [1.82, 2.24) is 15.5 Å². The zero-order valence-electron chi connectivity index (χ0n) is 7.73. The third kappa shape index (κ3) is 1.65. The van der Waals surface area contributed by atoms with Crippen molar-refractivity contribution in [1.29, 1.82) is 0 Å². The monoisotopic (exact) mass is 243 g/mol. The smallest absolute Gasteiger partial charge is 0.0632 e. The van der Waals surface area contributed by atoms with Crippen LogP contribution in [0.3, 0.4) is 0 Å². The maximum Gasteiger partial charge on any atom is 0.0632 e. The fourth-order valence-corrected chi connectivity index (χ4v) is 2.59. The van der Waals surface area contributed by atoms with E-state index >= 15 is 0 Å². The topological polar surface area (TPSA) is 40.7 Å². The van der Waals surface area contributed by atoms with E-state index < -0.39 is 0 Å². The molecule has 0 bridgehead atoms. The van der Waals surface area contributed by atoms with Crippen LogP contribution in [0.4, 0.5) is 0 Å². The van der Waals surface area contributed by atoms with Gasteiger partial charge in [-0.25, -0.2) is 0 Å². The van der Waals surface area contributed by atoms with Gasteiger partial charge in [0.15, 0.2) is 0 Å². The molecular formula is C9H14BrN3. The van der Waals surface area contributed by atoms with Crippen LogP contribution in [0.1, 0.15) is 25.5 Å². The zero-order chi connectivity index (χ0) is 9.31. The second kappa shape index (κ2) is 3.42. The fraction of sp³-hybridized carbons (Fsp3) is 0.667. The van der Waals surface area contributed by atoms with Crippen molar-refractivity contribution in [2.75, 3.05) is 13.1 Å². The summed E-state index contributed by atoms with van der Waals surface area (Å²) in [5.41, 5.74) is 1.51. The average molecular weight is 244 g/mol. The van der Waals surface area contributed by atoms with Gasteiger partial charge in [0.05, 0.1) is 16.4 Å². The van der Waals surface area contributed by atoms with E-state index in [0.29, 0.717) is 0 Å². The lowest BCUT2D eigenvalue weighted by Gasteiger charge is -2.33. The number of nitrogens with one attached hydrogen (secondary N) is 2. The van der Waals surface area contributed by atoms with Crippen LogP contribution in [0.2, 0.25) is 0 Å². The van der Waals surface area contributed by atoms with Crippen molar-refractivity contribution in [3.8, 4) is 0 Å². The van der Waals surface area contributed by atoms with E-state index in [0.717, 1.165) is 17.6 Å². The first-order chi connectivity index (χ1) is 6.22. The lowest BCUT2D eigenvalue weighted by atomic mass is 9.78. The van der Waals surface area contributed by atoms with Gasteiger partial charge >= 0.3 is 0 Å². The van der Waals surface area contributed by atoms with Gasteiger partial charge in [0.25, 0.3) is 0 Å². The van der Waals surface area contributed by atoms with Gasteiger partial charge in [-0.15, -0.1) is 0 Å². The van der Waals surface area contributed by atoms with Crippen molar-refractivity contribution < 1.29 is 0 Å². The molecule has 1 fully saturated rings. The number of H-pyrrole nitrogens is 1. The highest BCUT2D eigenvalue weighted by molar-refractivity contribution is 9.10. The SMILES string of the molecule is CC1(c2[nH]ncc2Br)CCNCC1. The summed E-state index contributed by atoms with van der Waals surface area (Å²) in [6, 6.07) is 0. The predicted molar refractivity (Wildman–Crippen MR) is 55.7 cm³/mol. The predicted octanol–water partition coefficient (Wildman–Crippen LogP) is 1.81. The lowest BCUT2D eigenvalue weighted by molar-refractivity contribution is 0.326. The van der Waals surface area contributed by atoms with Gasteiger partial charge in [-0.05, 0) is 41.9 Å². The molecule has 72 valence electrons. The van der Waals surface area contributed by atoms with Gasteiger partial charge in [-0.3, -0.25) is 5.10 Å². The van der Waals surface area contributed by atoms with Gasteiger partial charge in [0.2, 0.25) is 0 Å². The van der Waals surface area contributed by atoms with Gasteiger partial charge in [-0.2, -0.15) is 5.10 Å². The van der Waals surface area contributed by atoms with Crippen LogP contribution in [0.15, 0.2) is 10.7 Å². The summed E-state index contributed by atoms with van der Waals surface area (Å²) < 4.78 is 1.11. The Morgan fingerprint density at radius 3 is 2.69 bits per heavy atom. The number of nitrogens with zero attached hydrogens (tertiary/aromatic N) is 1. The van der Waals surface area contributed by atoms with Crippen molar-refractivity contribution in [2.24, 2.45) is 0 Å². The fourth-order valence-electron chi connectivity index (χ4n) is 1.92. The Labute approximate surface area is 86.4 Å². The number of halogens is 1. The molecule has 2 rings (SSSR count). The van der Waals surface area contributed by atoms with Crippen LogP contribution in [-0.4, -0.2) is 23.3 Å². The van der Waals surface area contributed by atoms with E-state index in [1.54, 1.807) is 0 Å². The molecule has 1 aliphatic heterocycles. The first-order valence-corrected chi connectivity index (χ1v) is 5.42. The normalized spacial score (nSPS) is 21.7. The van der Waals surface area contributed by atoms with Crippen molar-refractivity contribution in [3.63, 3.8) is 0 Å². The minimum absolute atomic E-state index is 0.264. The summed E-state index contributed by atoms with van der Waals surface area (Å²) >= 11 is 3.52. The van der Waals surface area contributed by atoms with Gasteiger partial charge < -0.3 is 5.32 Å². The third-order valence-electron chi connectivity index (χ3n) is 2.90. The quantitative estimate of drug-likeness (QED) is 0.791. The second-order valence-corrected chi connectivity index (χ2v) is 4.76. The number of aromatic amines is 1. The minimum atomic E-state index is 0.264. The molecule has 0 saturated carbocycles. The molecule has 0 amide bonds. The highest BCUT2D eigenvalue weighted by Gasteiger charge is 2.31. The number of aromatic nitrogens is 2. The molecule has 0 radical (unpaired) electrons. The molecule has 3 nitrogen and oxygen atoms in total. The number of hydrogen-bond donors (Lipinski definition) is 2. The van der Waals surface area contributed by atoms with Crippen molar-refractivity contribution >= 4 is 15.9 Å². The van der Waals surface area contributed by atoms with Gasteiger partial charge in [0.1, 0.15) is 0 Å². The lowest BCUT2D eigenvalue weighted by Crippen LogP contribution is -2.38. The Balaban J connectivity index is 2.27. The molecule has 0 aliphatic carbocycles. The molecule has 13 heavy (non-hydrogen) atoms. The Morgan fingerprint density at radius 1 is 1.46 bits per heavy atom. The summed E-state index contributed by atoms with van der Waals surface area (Å²) in [6.45, 7) is 4.50. The van der Waals surface area contributed by atoms with E-state index in [4.69, 9.17) is 0 Å². The minimum Gasteiger partial charge on any atom is -0.317 e. The number of piperidine rings is 1. The first kappa shape index (κ1) is 9.21. The molecular weight excluding hydrogens is 230 g/mol. The Bertz CT molecular complexity index is 289. The van der Waals surface area contributed by atoms with E-state index in [-0.39, 0.29) is 5.41 Å². The average Bonchev–Trinajstić information content (AvgIpc) is 2.53. The van der Waals surface area contributed by atoms with Crippen LogP contribution < -0.4 is 5.32 Å². The molecule has 2 N–H and O–H groups in total. The van der Waals surface area contributed by atoms with Crippen LogP contribution >= 0.6 is 15.9 Å². The first-order valence-electron chi connectivity index (χ1n) is 4.62. The molecule has 1 aliphatic rings. The highest BCUT2D eigenvalue weighted by atomic mass is 79.9. The molecule has 4 heteroatoms. The molecule has 0 aromatic carbocycles. The van der Waals surface area contributed by atoms with E-state index in [1.165, 1.54) is 18.5 Å². The number of rotatable bonds is 1. The molecule has 1 saturated heterocycles. The van der Waals surface area contributed by atoms with E-state index in [2.05, 4.69) is 38.4 Å². The Kier molecular flexibility index (Phi) is 2.43. The molecule has 0 atom stereocenters. The van der Waals surface area contributed by atoms with Crippen molar-refractivity contribution in [3.05, 3.63) is 16.4 Å². The summed E-state index contributed by atoms with van der Waals surface area (Å²) in [4.78, 5) is 0. The molecule has 1 aromatic rings. The highest BCUT2D eigenvalue weighted by Crippen LogP contribution is 2.35. The largest absolute Gasteiger partial charge is 0.317 e. The van der Waals surface area contributed by atoms with Crippen molar-refractivity contribution in [2.45, 2.75) is 25.2 Å². The summed E-state index contributed by atoms with van der Waals surface area (Å²) in [5, 5.41) is 10.5. The maximum atomic E-state index is 4.05. The zero-order valence-corrected chi connectivity index (χ0v) is 9.32. The maximum absolute atomic E-state index is 4.05. The Hall–Kier alpha value is -0.350. The van der Waals surface area contributed by atoms with Gasteiger partial charge in [0, 0.05) is 5.41 Å². The standard InChI is InChI=1S/C9H14BrN3/c1-9(2-4-11-5-3-9)8-7(10)6-12-13-8/h6,11H,2-5H2,1H3,(H,12,13). The second-order valence-electron chi connectivity index (χ2n) is 3.90. The number of hydrogen-bond acceptors (Lipinski definition) is 2. The summed E-state index contributed by atoms with van der Waals surface area (Å²) in [7, 11) is 0. The van der Waals surface area contributed by atoms with Crippen LogP contribution in [0, 0.1) is 0 Å². The van der Waals surface area contributed by atoms with E-state index in [1.807, 2.05) is 6.20 Å². The molecule has 0 spiro atoms. The summed E-state index contributed by atoms with van der Waals surface area (Å²) in [6.07, 6.45) is 4.18. The van der Waals surface area contributed by atoms with Crippen LogP contribution in [0.25, 0.3) is 0 Å². The molecule has 1 aromatic heterocycles. The molecule has 2 heterocycles. The van der Waals surface area contributed by atoms with E-state index in [9.17, 15) is 0 Å². The van der Waals surface area contributed by atoms with Crippen LogP contribution in [0.5, 0.6) is 0 Å².